The van der Waals surface area contributed by atoms with Gasteiger partial charge in [-0.2, -0.15) is 0 Å². The van der Waals surface area contributed by atoms with Crippen molar-refractivity contribution in [2.45, 2.75) is 19.3 Å². The minimum atomic E-state index is -4.71. The lowest BCUT2D eigenvalue weighted by Crippen LogP contribution is -2.17. The van der Waals surface area contributed by atoms with Gasteiger partial charge in [0.2, 0.25) is 0 Å². The van der Waals surface area contributed by atoms with E-state index >= 15 is 0 Å². The van der Waals surface area contributed by atoms with Gasteiger partial charge in [-0.05, 0) is 13.0 Å². The molecule has 6 heteroatoms. The molecule has 0 aliphatic carbocycles. The molecule has 1 rings (SSSR count). The molecule has 16 heavy (non-hydrogen) atoms. The van der Waals surface area contributed by atoms with Crippen molar-refractivity contribution >= 4 is 0 Å². The van der Waals surface area contributed by atoms with Gasteiger partial charge in [-0.25, -0.2) is 0 Å². The third-order valence-electron chi connectivity index (χ3n) is 1.93. The molecular formula is C10H12F3NO2. The summed E-state index contributed by atoms with van der Waals surface area (Å²) in [6, 6.07) is 3.49. The van der Waals surface area contributed by atoms with Crippen LogP contribution in [0.5, 0.6) is 11.5 Å². The average molecular weight is 235 g/mol. The van der Waals surface area contributed by atoms with Crippen LogP contribution in [-0.2, 0) is 0 Å². The summed E-state index contributed by atoms with van der Waals surface area (Å²) in [4.78, 5) is 0. The van der Waals surface area contributed by atoms with E-state index in [1.165, 1.54) is 19.2 Å². The molecule has 0 aliphatic rings. The monoisotopic (exact) mass is 235 g/mol. The molecule has 90 valence electrons. The predicted molar refractivity (Wildman–Crippen MR) is 52.3 cm³/mol. The summed E-state index contributed by atoms with van der Waals surface area (Å²) in [5.74, 6) is -0.0505. The Kier molecular flexibility index (Phi) is 3.64. The number of alkyl halides is 3. The molecule has 3 nitrogen and oxygen atoms in total. The Morgan fingerprint density at radius 2 is 1.94 bits per heavy atom. The molecule has 1 aromatic rings. The number of hydrogen-bond acceptors (Lipinski definition) is 3. The highest BCUT2D eigenvalue weighted by Gasteiger charge is 2.31. The minimum Gasteiger partial charge on any atom is -0.496 e. The number of nitrogens with two attached hydrogens (primary N) is 1. The molecule has 0 saturated carbocycles. The van der Waals surface area contributed by atoms with Gasteiger partial charge >= 0.3 is 6.36 Å². The molecule has 0 unspecified atom stereocenters. The first-order valence-electron chi connectivity index (χ1n) is 4.52. The average Bonchev–Trinajstić information content (AvgIpc) is 2.14. The van der Waals surface area contributed by atoms with E-state index < -0.39 is 6.36 Å². The quantitative estimate of drug-likeness (QED) is 0.875. The van der Waals surface area contributed by atoms with Crippen molar-refractivity contribution in [1.29, 1.82) is 0 Å². The van der Waals surface area contributed by atoms with Gasteiger partial charge < -0.3 is 15.2 Å². The lowest BCUT2D eigenvalue weighted by molar-refractivity contribution is -0.274. The molecule has 0 aromatic heterocycles. The van der Waals surface area contributed by atoms with Crippen molar-refractivity contribution < 1.29 is 22.6 Å². The van der Waals surface area contributed by atoms with Gasteiger partial charge in [0.15, 0.2) is 0 Å². The maximum atomic E-state index is 11.9. The first kappa shape index (κ1) is 12.6. The van der Waals surface area contributed by atoms with Crippen molar-refractivity contribution in [3.05, 3.63) is 23.8 Å². The van der Waals surface area contributed by atoms with E-state index in [4.69, 9.17) is 10.5 Å². The standard InChI is InChI=1S/C10H12F3NO2/c1-6(14)8-4-3-7(5-9(8)15-2)16-10(11,12)13/h3-6H,14H2,1-2H3/t6-/m1/s1. The van der Waals surface area contributed by atoms with Crippen LogP contribution in [0.25, 0.3) is 0 Å². The van der Waals surface area contributed by atoms with Crippen LogP contribution in [-0.4, -0.2) is 13.5 Å². The van der Waals surface area contributed by atoms with Gasteiger partial charge in [0.1, 0.15) is 11.5 Å². The highest BCUT2D eigenvalue weighted by molar-refractivity contribution is 5.42. The zero-order chi connectivity index (χ0) is 12.3. The van der Waals surface area contributed by atoms with Crippen molar-refractivity contribution in [3.63, 3.8) is 0 Å². The number of benzene rings is 1. The molecular weight excluding hydrogens is 223 g/mol. The van der Waals surface area contributed by atoms with E-state index in [9.17, 15) is 13.2 Å². The summed E-state index contributed by atoms with van der Waals surface area (Å²) >= 11 is 0. The number of methoxy groups -OCH3 is 1. The Labute approximate surface area is 91.0 Å². The number of hydrogen-bond donors (Lipinski definition) is 1. The Hall–Kier alpha value is -1.43. The zero-order valence-corrected chi connectivity index (χ0v) is 8.84. The van der Waals surface area contributed by atoms with Crippen LogP contribution < -0.4 is 15.2 Å². The Bertz CT molecular complexity index is 364. The summed E-state index contributed by atoms with van der Waals surface area (Å²) in [7, 11) is 1.36. The summed E-state index contributed by atoms with van der Waals surface area (Å²) in [5.41, 5.74) is 6.25. The van der Waals surface area contributed by atoms with Gasteiger partial charge in [-0.3, -0.25) is 0 Å². The summed E-state index contributed by atoms with van der Waals surface area (Å²) in [6.07, 6.45) is -4.71. The summed E-state index contributed by atoms with van der Waals surface area (Å²) in [5, 5.41) is 0. The Morgan fingerprint density at radius 3 is 2.38 bits per heavy atom. The molecule has 0 heterocycles. The molecule has 0 spiro atoms. The summed E-state index contributed by atoms with van der Waals surface area (Å²) < 4.78 is 44.5. The van der Waals surface area contributed by atoms with E-state index in [1.807, 2.05) is 0 Å². The second kappa shape index (κ2) is 4.61. The SMILES string of the molecule is COc1cc(OC(F)(F)F)ccc1[C@@H](C)N. The van der Waals surface area contributed by atoms with Gasteiger partial charge in [0.25, 0.3) is 0 Å². The van der Waals surface area contributed by atoms with E-state index in [0.717, 1.165) is 6.07 Å². The molecule has 2 N–H and O–H groups in total. The molecule has 1 atom stereocenters. The van der Waals surface area contributed by atoms with Gasteiger partial charge in [0.05, 0.1) is 7.11 Å². The molecule has 0 aliphatic heterocycles. The number of ether oxygens (including phenoxy) is 2. The molecule has 0 fully saturated rings. The fourth-order valence-electron chi connectivity index (χ4n) is 1.26. The third kappa shape index (κ3) is 3.30. The van der Waals surface area contributed by atoms with Crippen LogP contribution in [0, 0.1) is 0 Å². The van der Waals surface area contributed by atoms with E-state index in [0.29, 0.717) is 5.56 Å². The van der Waals surface area contributed by atoms with Gasteiger partial charge in [0, 0.05) is 17.7 Å². The van der Waals surface area contributed by atoms with Crippen LogP contribution in [0.1, 0.15) is 18.5 Å². The highest BCUT2D eigenvalue weighted by atomic mass is 19.4. The maximum absolute atomic E-state index is 11.9. The molecule has 0 bridgehead atoms. The fraction of sp³-hybridized carbons (Fsp3) is 0.400. The first-order valence-corrected chi connectivity index (χ1v) is 4.52. The second-order valence-electron chi connectivity index (χ2n) is 3.24. The lowest BCUT2D eigenvalue weighted by atomic mass is 10.1. The van der Waals surface area contributed by atoms with Crippen molar-refractivity contribution in [1.82, 2.24) is 0 Å². The van der Waals surface area contributed by atoms with Crippen LogP contribution in [0.2, 0.25) is 0 Å². The second-order valence-corrected chi connectivity index (χ2v) is 3.24. The molecule has 0 radical (unpaired) electrons. The van der Waals surface area contributed by atoms with E-state index in [2.05, 4.69) is 4.74 Å². The smallest absolute Gasteiger partial charge is 0.496 e. The maximum Gasteiger partial charge on any atom is 0.573 e. The Balaban J connectivity index is 3.00. The van der Waals surface area contributed by atoms with Crippen molar-refractivity contribution in [2.75, 3.05) is 7.11 Å². The lowest BCUT2D eigenvalue weighted by Gasteiger charge is -2.14. The Morgan fingerprint density at radius 1 is 1.31 bits per heavy atom. The molecule has 1 aromatic carbocycles. The third-order valence-corrected chi connectivity index (χ3v) is 1.93. The van der Waals surface area contributed by atoms with Crippen LogP contribution in [0.3, 0.4) is 0 Å². The van der Waals surface area contributed by atoms with Crippen LogP contribution in [0.15, 0.2) is 18.2 Å². The van der Waals surface area contributed by atoms with Crippen molar-refractivity contribution in [2.24, 2.45) is 5.73 Å². The van der Waals surface area contributed by atoms with Crippen LogP contribution in [0.4, 0.5) is 13.2 Å². The molecule has 0 saturated heterocycles. The van der Waals surface area contributed by atoms with Crippen molar-refractivity contribution in [3.8, 4) is 11.5 Å². The minimum absolute atomic E-state index is 0.275. The topological polar surface area (TPSA) is 44.5 Å². The predicted octanol–water partition coefficient (Wildman–Crippen LogP) is 2.61. The van der Waals surface area contributed by atoms with E-state index in [1.54, 1.807) is 6.92 Å². The largest absolute Gasteiger partial charge is 0.573 e. The van der Waals surface area contributed by atoms with E-state index in [-0.39, 0.29) is 17.5 Å². The number of halogens is 3. The highest BCUT2D eigenvalue weighted by Crippen LogP contribution is 2.31. The van der Waals surface area contributed by atoms with Gasteiger partial charge in [-0.1, -0.05) is 6.07 Å². The zero-order valence-electron chi connectivity index (χ0n) is 8.84. The normalized spacial score (nSPS) is 13.4. The number of rotatable bonds is 3. The van der Waals surface area contributed by atoms with Gasteiger partial charge in [-0.15, -0.1) is 13.2 Å². The fourth-order valence-corrected chi connectivity index (χ4v) is 1.26. The van der Waals surface area contributed by atoms with Crippen LogP contribution >= 0.6 is 0 Å². The first-order chi connectivity index (χ1) is 7.33. The summed E-state index contributed by atoms with van der Waals surface area (Å²) in [6.45, 7) is 1.71. The molecule has 0 amide bonds.